The fourth-order valence-electron chi connectivity index (χ4n) is 2.37. The average molecular weight is 327 g/mol. The number of carboxylic acids is 1. The molecule has 3 N–H and O–H groups in total. The van der Waals surface area contributed by atoms with Crippen LogP contribution in [0.25, 0.3) is 0 Å². The fourth-order valence-corrected chi connectivity index (χ4v) is 2.91. The van der Waals surface area contributed by atoms with Crippen molar-refractivity contribution in [1.82, 2.24) is 4.98 Å². The van der Waals surface area contributed by atoms with Crippen LogP contribution >= 0.6 is 11.3 Å². The van der Waals surface area contributed by atoms with Crippen LogP contribution in [0.1, 0.15) is 37.8 Å². The van der Waals surface area contributed by atoms with Crippen molar-refractivity contribution >= 4 is 34.1 Å². The molecule has 1 saturated carbocycles. The zero-order chi connectivity index (χ0) is 16.2. The van der Waals surface area contributed by atoms with Gasteiger partial charge in [0.2, 0.25) is 11.3 Å². The third-order valence-electron chi connectivity index (χ3n) is 3.50. The fraction of sp³-hybridized carbons (Fsp3) is 0.538. The second-order valence-electron chi connectivity index (χ2n) is 4.95. The molecule has 0 amide bonds. The van der Waals surface area contributed by atoms with Gasteiger partial charge in [0.25, 0.3) is 0 Å². The van der Waals surface area contributed by atoms with Gasteiger partial charge in [-0.2, -0.15) is 0 Å². The van der Waals surface area contributed by atoms with E-state index in [9.17, 15) is 14.7 Å². The van der Waals surface area contributed by atoms with Crippen LogP contribution in [-0.2, 0) is 19.2 Å². The van der Waals surface area contributed by atoms with Gasteiger partial charge in [-0.3, -0.25) is 0 Å². The number of carboxylic acid groups (broad SMARTS) is 1. The second-order valence-corrected chi connectivity index (χ2v) is 5.84. The number of nitrogens with two attached hydrogens (primary N) is 1. The first-order chi connectivity index (χ1) is 10.5. The molecule has 1 heterocycles. The van der Waals surface area contributed by atoms with Crippen LogP contribution in [0.2, 0.25) is 0 Å². The number of ether oxygens (including phenoxy) is 1. The van der Waals surface area contributed by atoms with Gasteiger partial charge < -0.3 is 20.4 Å². The van der Waals surface area contributed by atoms with E-state index in [-0.39, 0.29) is 16.5 Å². The Morgan fingerprint density at radius 3 is 2.59 bits per heavy atom. The number of carbonyl (C=O) groups is 2. The van der Waals surface area contributed by atoms with Gasteiger partial charge in [-0.05, 0) is 12.8 Å². The normalized spacial score (nSPS) is 17.8. The summed E-state index contributed by atoms with van der Waals surface area (Å²) in [6, 6.07) is 0. The zero-order valence-electron chi connectivity index (χ0n) is 12.1. The van der Waals surface area contributed by atoms with E-state index in [4.69, 9.17) is 15.3 Å². The van der Waals surface area contributed by atoms with E-state index in [1.165, 1.54) is 12.5 Å². The van der Waals surface area contributed by atoms with Crippen molar-refractivity contribution in [2.45, 2.75) is 37.7 Å². The third-order valence-corrected chi connectivity index (χ3v) is 4.17. The number of nitrogens with zero attached hydrogens (tertiary/aromatic N) is 2. The van der Waals surface area contributed by atoms with Gasteiger partial charge in [0.15, 0.2) is 5.13 Å². The van der Waals surface area contributed by atoms with E-state index in [0.29, 0.717) is 12.8 Å². The Morgan fingerprint density at radius 2 is 2.09 bits per heavy atom. The van der Waals surface area contributed by atoms with Gasteiger partial charge in [0.05, 0.1) is 7.11 Å². The first kappa shape index (κ1) is 16.2. The monoisotopic (exact) mass is 327 g/mol. The first-order valence-corrected chi connectivity index (χ1v) is 7.66. The minimum absolute atomic E-state index is 0.103. The number of aromatic nitrogens is 1. The van der Waals surface area contributed by atoms with Crippen LogP contribution in [0, 0.1) is 0 Å². The number of hydrogen-bond acceptors (Lipinski definition) is 8. The Kier molecular flexibility index (Phi) is 4.96. The highest BCUT2D eigenvalue weighted by molar-refractivity contribution is 7.13. The van der Waals surface area contributed by atoms with Crippen molar-refractivity contribution in [3.63, 3.8) is 0 Å². The van der Waals surface area contributed by atoms with Crippen molar-refractivity contribution in [2.24, 2.45) is 5.16 Å². The minimum Gasteiger partial charge on any atom is -0.476 e. The lowest BCUT2D eigenvalue weighted by atomic mass is 9.85. The van der Waals surface area contributed by atoms with Crippen molar-refractivity contribution in [3.8, 4) is 0 Å². The molecule has 0 bridgehead atoms. The van der Waals surface area contributed by atoms with Gasteiger partial charge >= 0.3 is 11.9 Å². The molecule has 9 heteroatoms. The summed E-state index contributed by atoms with van der Waals surface area (Å²) in [5, 5.41) is 14.6. The van der Waals surface area contributed by atoms with Crippen molar-refractivity contribution in [3.05, 3.63) is 11.1 Å². The summed E-state index contributed by atoms with van der Waals surface area (Å²) in [5.74, 6) is -1.85. The van der Waals surface area contributed by atoms with Crippen molar-refractivity contribution < 1.29 is 24.3 Å². The number of nitrogen functional groups attached to an aromatic ring is 1. The number of hydrogen-bond donors (Lipinski definition) is 2. The highest BCUT2D eigenvalue weighted by atomic mass is 32.1. The number of carbonyl (C=O) groups excluding carboxylic acids is 1. The predicted octanol–water partition coefficient (Wildman–Crippen LogP) is 1.41. The molecule has 2 rings (SSSR count). The highest BCUT2D eigenvalue weighted by Gasteiger charge is 2.44. The molecule has 0 atom stereocenters. The van der Waals surface area contributed by atoms with Crippen LogP contribution in [0.5, 0.6) is 0 Å². The predicted molar refractivity (Wildman–Crippen MR) is 79.6 cm³/mol. The molecular formula is C13H17N3O5S. The maximum atomic E-state index is 12.0. The van der Waals surface area contributed by atoms with Gasteiger partial charge in [-0.25, -0.2) is 14.6 Å². The van der Waals surface area contributed by atoms with Crippen molar-refractivity contribution in [1.29, 1.82) is 0 Å². The van der Waals surface area contributed by atoms with Gasteiger partial charge in [-0.15, -0.1) is 11.3 Å². The standard InChI is InChI=1S/C13H17N3O5S/c1-20-11(19)13(5-3-2-4-6-13)21-16-9(10(17)18)8-7-22-12(14)15-8/h7H,2-6H2,1H3,(H2,14,15)(H,17,18)/b16-9-. The smallest absolute Gasteiger partial charge is 0.360 e. The largest absolute Gasteiger partial charge is 0.476 e. The number of esters is 1. The van der Waals surface area contributed by atoms with Gasteiger partial charge in [0, 0.05) is 18.2 Å². The number of oxime groups is 1. The Bertz CT molecular complexity index is 592. The molecule has 22 heavy (non-hydrogen) atoms. The Balaban J connectivity index is 2.27. The van der Waals surface area contributed by atoms with Crippen LogP contribution < -0.4 is 5.73 Å². The summed E-state index contributed by atoms with van der Waals surface area (Å²) >= 11 is 1.10. The average Bonchev–Trinajstić information content (AvgIpc) is 2.93. The molecule has 1 aliphatic rings. The van der Waals surface area contributed by atoms with Crippen LogP contribution in [-0.4, -0.2) is 40.5 Å². The number of thiazole rings is 1. The number of methoxy groups -OCH3 is 1. The molecule has 1 aromatic heterocycles. The summed E-state index contributed by atoms with van der Waals surface area (Å²) in [7, 11) is 1.27. The SMILES string of the molecule is COC(=O)C1(O/N=C(\C(=O)O)c2csc(N)n2)CCCCC1. The molecule has 0 unspecified atom stereocenters. The molecule has 0 saturated heterocycles. The van der Waals surface area contributed by atoms with Gasteiger partial charge in [0.1, 0.15) is 5.69 Å². The quantitative estimate of drug-likeness (QED) is 0.476. The summed E-state index contributed by atoms with van der Waals surface area (Å²) in [4.78, 5) is 32.6. The van der Waals surface area contributed by atoms with Crippen LogP contribution in [0.4, 0.5) is 5.13 Å². The molecule has 120 valence electrons. The van der Waals surface area contributed by atoms with Crippen LogP contribution in [0.3, 0.4) is 0 Å². The van der Waals surface area contributed by atoms with E-state index in [1.807, 2.05) is 0 Å². The second kappa shape index (κ2) is 6.73. The lowest BCUT2D eigenvalue weighted by Crippen LogP contribution is -2.43. The lowest BCUT2D eigenvalue weighted by Gasteiger charge is -2.31. The molecular weight excluding hydrogens is 310 g/mol. The van der Waals surface area contributed by atoms with Crippen LogP contribution in [0.15, 0.2) is 10.5 Å². The summed E-state index contributed by atoms with van der Waals surface area (Å²) in [5.41, 5.74) is 3.98. The van der Waals surface area contributed by atoms with E-state index in [2.05, 4.69) is 10.1 Å². The summed E-state index contributed by atoms with van der Waals surface area (Å²) in [6.07, 6.45) is 3.44. The molecule has 1 fully saturated rings. The number of rotatable bonds is 5. The number of anilines is 1. The molecule has 0 spiro atoms. The Morgan fingerprint density at radius 1 is 1.41 bits per heavy atom. The minimum atomic E-state index is -1.30. The summed E-state index contributed by atoms with van der Waals surface area (Å²) < 4.78 is 4.78. The summed E-state index contributed by atoms with van der Waals surface area (Å²) in [6.45, 7) is 0. The molecule has 8 nitrogen and oxygen atoms in total. The highest BCUT2D eigenvalue weighted by Crippen LogP contribution is 2.33. The molecule has 0 aliphatic heterocycles. The van der Waals surface area contributed by atoms with Gasteiger partial charge in [-0.1, -0.05) is 11.6 Å². The van der Waals surface area contributed by atoms with Crippen molar-refractivity contribution in [2.75, 3.05) is 12.8 Å². The molecule has 1 aliphatic carbocycles. The maximum Gasteiger partial charge on any atom is 0.360 e. The van der Waals surface area contributed by atoms with E-state index >= 15 is 0 Å². The van der Waals surface area contributed by atoms with E-state index < -0.39 is 17.5 Å². The third kappa shape index (κ3) is 3.35. The lowest BCUT2D eigenvalue weighted by molar-refractivity contribution is -0.174. The zero-order valence-corrected chi connectivity index (χ0v) is 12.9. The van der Waals surface area contributed by atoms with E-state index in [0.717, 1.165) is 30.6 Å². The molecule has 0 radical (unpaired) electrons. The Hall–Kier alpha value is -2.16. The molecule has 0 aromatic carbocycles. The first-order valence-electron chi connectivity index (χ1n) is 6.78. The van der Waals surface area contributed by atoms with E-state index in [1.54, 1.807) is 0 Å². The number of aliphatic carboxylic acids is 1. The Labute approximate surface area is 130 Å². The molecule has 1 aromatic rings. The topological polar surface area (TPSA) is 124 Å². The maximum absolute atomic E-state index is 12.0.